The van der Waals surface area contributed by atoms with Crippen LogP contribution in [0.5, 0.6) is 0 Å². The zero-order valence-corrected chi connectivity index (χ0v) is 9.19. The van der Waals surface area contributed by atoms with E-state index < -0.39 is 11.6 Å². The Labute approximate surface area is 102 Å². The third kappa shape index (κ3) is 2.58. The van der Waals surface area contributed by atoms with Crippen molar-refractivity contribution in [1.29, 1.82) is 5.26 Å². The van der Waals surface area contributed by atoms with E-state index in [0.717, 1.165) is 12.1 Å². The van der Waals surface area contributed by atoms with Crippen LogP contribution in [0, 0.1) is 23.0 Å². The summed E-state index contributed by atoms with van der Waals surface area (Å²) < 4.78 is 27.0. The lowest BCUT2D eigenvalue weighted by atomic mass is 10.2. The van der Waals surface area contributed by atoms with E-state index in [2.05, 4.69) is 15.3 Å². The summed E-state index contributed by atoms with van der Waals surface area (Å²) in [6.45, 7) is 0.169. The summed E-state index contributed by atoms with van der Waals surface area (Å²) >= 11 is 0. The minimum absolute atomic E-state index is 0.0578. The molecule has 0 saturated carbocycles. The van der Waals surface area contributed by atoms with Crippen LogP contribution >= 0.6 is 0 Å². The average Bonchev–Trinajstić information content (AvgIpc) is 2.38. The number of nitriles is 1. The van der Waals surface area contributed by atoms with Gasteiger partial charge in [-0.05, 0) is 18.2 Å². The van der Waals surface area contributed by atoms with E-state index in [1.165, 1.54) is 12.5 Å². The van der Waals surface area contributed by atoms with Crippen molar-refractivity contribution in [3.63, 3.8) is 0 Å². The van der Waals surface area contributed by atoms with Crippen molar-refractivity contribution in [2.75, 3.05) is 5.32 Å². The summed E-state index contributed by atoms with van der Waals surface area (Å²) in [5.41, 5.74) is 0.276. The Kier molecular flexibility index (Phi) is 3.44. The van der Waals surface area contributed by atoms with Gasteiger partial charge in [-0.1, -0.05) is 0 Å². The molecule has 0 amide bonds. The maximum atomic E-state index is 13.5. The largest absolute Gasteiger partial charge is 0.375 e. The number of hydrogen-bond donors (Lipinski definition) is 1. The SMILES string of the molecule is N#Cc1cc(F)c(NCc2ccncn2)c(F)c1. The minimum atomic E-state index is -0.805. The second-order valence-electron chi connectivity index (χ2n) is 3.48. The highest BCUT2D eigenvalue weighted by Crippen LogP contribution is 2.20. The molecule has 0 spiro atoms. The average molecular weight is 246 g/mol. The molecule has 1 aromatic carbocycles. The molecule has 2 rings (SSSR count). The number of nitrogens with one attached hydrogen (secondary N) is 1. The van der Waals surface area contributed by atoms with E-state index in [9.17, 15) is 8.78 Å². The maximum Gasteiger partial charge on any atom is 0.150 e. The predicted molar refractivity (Wildman–Crippen MR) is 60.4 cm³/mol. The van der Waals surface area contributed by atoms with Crippen molar-refractivity contribution < 1.29 is 8.78 Å². The summed E-state index contributed by atoms with van der Waals surface area (Å²) in [6, 6.07) is 5.27. The quantitative estimate of drug-likeness (QED) is 0.902. The zero-order valence-electron chi connectivity index (χ0n) is 9.19. The summed E-state index contributed by atoms with van der Waals surface area (Å²) in [4.78, 5) is 7.65. The fourth-order valence-corrected chi connectivity index (χ4v) is 1.41. The monoisotopic (exact) mass is 246 g/mol. The predicted octanol–water partition coefficient (Wildman–Crippen LogP) is 2.24. The lowest BCUT2D eigenvalue weighted by molar-refractivity contribution is 0.587. The summed E-state index contributed by atoms with van der Waals surface area (Å²) in [7, 11) is 0. The Morgan fingerprint density at radius 2 is 2.00 bits per heavy atom. The maximum absolute atomic E-state index is 13.5. The fraction of sp³-hybridized carbons (Fsp3) is 0.0833. The molecular weight excluding hydrogens is 238 g/mol. The molecule has 1 aromatic heterocycles. The number of anilines is 1. The summed E-state index contributed by atoms with van der Waals surface area (Å²) in [6.07, 6.45) is 2.89. The molecule has 18 heavy (non-hydrogen) atoms. The van der Waals surface area contributed by atoms with Gasteiger partial charge in [-0.25, -0.2) is 18.7 Å². The van der Waals surface area contributed by atoms with Gasteiger partial charge in [-0.15, -0.1) is 0 Å². The first kappa shape index (κ1) is 11.9. The molecule has 0 unspecified atom stereocenters. The molecule has 90 valence electrons. The van der Waals surface area contributed by atoms with Crippen molar-refractivity contribution in [2.24, 2.45) is 0 Å². The number of aromatic nitrogens is 2. The molecule has 0 fully saturated rings. The van der Waals surface area contributed by atoms with Crippen molar-refractivity contribution >= 4 is 5.69 Å². The Bertz CT molecular complexity index is 570. The summed E-state index contributed by atoms with van der Waals surface area (Å²) in [5, 5.41) is 11.2. The van der Waals surface area contributed by atoms with Gasteiger partial charge in [-0.3, -0.25) is 0 Å². The van der Waals surface area contributed by atoms with Crippen LogP contribution in [0.15, 0.2) is 30.7 Å². The van der Waals surface area contributed by atoms with E-state index in [0.29, 0.717) is 5.69 Å². The van der Waals surface area contributed by atoms with Gasteiger partial charge in [0.05, 0.1) is 23.9 Å². The lowest BCUT2D eigenvalue weighted by Gasteiger charge is -2.08. The number of nitrogens with zero attached hydrogens (tertiary/aromatic N) is 3. The first-order chi connectivity index (χ1) is 8.70. The van der Waals surface area contributed by atoms with Gasteiger partial charge >= 0.3 is 0 Å². The van der Waals surface area contributed by atoms with Gasteiger partial charge in [-0.2, -0.15) is 5.26 Å². The zero-order chi connectivity index (χ0) is 13.0. The molecule has 2 aromatic rings. The van der Waals surface area contributed by atoms with Gasteiger partial charge < -0.3 is 5.32 Å². The Morgan fingerprint density at radius 3 is 2.56 bits per heavy atom. The normalized spacial score (nSPS) is 9.83. The van der Waals surface area contributed by atoms with E-state index in [1.54, 1.807) is 12.1 Å². The van der Waals surface area contributed by atoms with E-state index >= 15 is 0 Å². The third-order valence-electron chi connectivity index (χ3n) is 2.26. The van der Waals surface area contributed by atoms with Crippen LogP contribution in [-0.2, 0) is 6.54 Å². The van der Waals surface area contributed by atoms with E-state index in [-0.39, 0.29) is 17.8 Å². The van der Waals surface area contributed by atoms with Crippen LogP contribution in [0.25, 0.3) is 0 Å². The smallest absolute Gasteiger partial charge is 0.150 e. The molecule has 0 saturated heterocycles. The van der Waals surface area contributed by atoms with Crippen LogP contribution in [-0.4, -0.2) is 9.97 Å². The van der Waals surface area contributed by atoms with Crippen molar-refractivity contribution in [2.45, 2.75) is 6.54 Å². The molecule has 0 radical (unpaired) electrons. The molecule has 0 bridgehead atoms. The second-order valence-corrected chi connectivity index (χ2v) is 3.48. The number of halogens is 2. The first-order valence-electron chi connectivity index (χ1n) is 5.08. The topological polar surface area (TPSA) is 61.6 Å². The molecule has 0 atom stereocenters. The highest BCUT2D eigenvalue weighted by atomic mass is 19.1. The highest BCUT2D eigenvalue weighted by molar-refractivity contribution is 5.50. The molecule has 0 aliphatic rings. The van der Waals surface area contributed by atoms with Gasteiger partial charge in [0, 0.05) is 6.20 Å². The Balaban J connectivity index is 2.18. The first-order valence-corrected chi connectivity index (χ1v) is 5.08. The van der Waals surface area contributed by atoms with Gasteiger partial charge in [0.15, 0.2) is 11.6 Å². The van der Waals surface area contributed by atoms with Crippen LogP contribution in [0.4, 0.5) is 14.5 Å². The molecular formula is C12H8F2N4. The van der Waals surface area contributed by atoms with Crippen LogP contribution < -0.4 is 5.32 Å². The van der Waals surface area contributed by atoms with Crippen LogP contribution in [0.3, 0.4) is 0 Å². The van der Waals surface area contributed by atoms with Crippen molar-refractivity contribution in [3.05, 3.63) is 53.6 Å². The minimum Gasteiger partial charge on any atom is -0.375 e. The van der Waals surface area contributed by atoms with Crippen molar-refractivity contribution in [1.82, 2.24) is 9.97 Å². The van der Waals surface area contributed by atoms with E-state index in [4.69, 9.17) is 5.26 Å². The van der Waals surface area contributed by atoms with Gasteiger partial charge in [0.1, 0.15) is 12.0 Å². The van der Waals surface area contributed by atoms with Crippen LogP contribution in [0.1, 0.15) is 11.3 Å². The molecule has 0 aliphatic heterocycles. The van der Waals surface area contributed by atoms with E-state index in [1.807, 2.05) is 0 Å². The molecule has 6 heteroatoms. The second kappa shape index (κ2) is 5.19. The molecule has 0 aliphatic carbocycles. The van der Waals surface area contributed by atoms with Crippen molar-refractivity contribution in [3.8, 4) is 6.07 Å². The summed E-state index contributed by atoms with van der Waals surface area (Å²) in [5.74, 6) is -1.61. The van der Waals surface area contributed by atoms with Gasteiger partial charge in [0.2, 0.25) is 0 Å². The Morgan fingerprint density at radius 1 is 1.28 bits per heavy atom. The number of hydrogen-bond acceptors (Lipinski definition) is 4. The third-order valence-corrected chi connectivity index (χ3v) is 2.26. The fourth-order valence-electron chi connectivity index (χ4n) is 1.41. The van der Waals surface area contributed by atoms with Crippen LogP contribution in [0.2, 0.25) is 0 Å². The number of benzene rings is 1. The number of rotatable bonds is 3. The molecule has 4 nitrogen and oxygen atoms in total. The standard InChI is InChI=1S/C12H8F2N4/c13-10-3-8(5-15)4-11(14)12(10)17-6-9-1-2-16-7-18-9/h1-4,7,17H,6H2. The van der Waals surface area contributed by atoms with Gasteiger partial charge in [0.25, 0.3) is 0 Å². The highest BCUT2D eigenvalue weighted by Gasteiger charge is 2.10. The lowest BCUT2D eigenvalue weighted by Crippen LogP contribution is -2.05. The molecule has 1 heterocycles. The Hall–Kier alpha value is -2.55. The molecule has 1 N–H and O–H groups in total.